The summed E-state index contributed by atoms with van der Waals surface area (Å²) in [5.41, 5.74) is 2.53. The minimum absolute atomic E-state index is 0.0172. The molecule has 0 saturated carbocycles. The molecule has 2 heterocycles. The lowest BCUT2D eigenvalue weighted by molar-refractivity contribution is 0.0996. The van der Waals surface area contributed by atoms with E-state index in [-0.39, 0.29) is 12.1 Å². The Morgan fingerprint density at radius 1 is 0.931 bits per heavy atom. The molecule has 2 aromatic carbocycles. The van der Waals surface area contributed by atoms with Crippen LogP contribution in [-0.2, 0) is 6.54 Å². The molecule has 0 bridgehead atoms. The Morgan fingerprint density at radius 3 is 2.28 bits per heavy atom. The largest absolute Gasteiger partial charge is 0.297 e. The van der Waals surface area contributed by atoms with Crippen molar-refractivity contribution in [2.75, 3.05) is 26.2 Å². The third-order valence-electron chi connectivity index (χ3n) is 5.46. The molecule has 0 aliphatic carbocycles. The summed E-state index contributed by atoms with van der Waals surface area (Å²) < 4.78 is 1.93. The summed E-state index contributed by atoms with van der Waals surface area (Å²) in [4.78, 5) is 4.99. The van der Waals surface area contributed by atoms with Crippen LogP contribution in [0.25, 0.3) is 0 Å². The number of benzene rings is 2. The molecule has 1 atom stereocenters. The van der Waals surface area contributed by atoms with Crippen molar-refractivity contribution >= 4 is 11.6 Å². The molecular weight excluding hydrogens is 384 g/mol. The summed E-state index contributed by atoms with van der Waals surface area (Å²) in [6.07, 6.45) is 0. The van der Waals surface area contributed by atoms with Crippen LogP contribution in [0.4, 0.5) is 0 Å². The van der Waals surface area contributed by atoms with Crippen molar-refractivity contribution in [1.29, 1.82) is 0 Å². The second kappa shape index (κ2) is 9.03. The van der Waals surface area contributed by atoms with E-state index < -0.39 is 0 Å². The molecule has 29 heavy (non-hydrogen) atoms. The fourth-order valence-electron chi connectivity index (χ4n) is 3.94. The van der Waals surface area contributed by atoms with Gasteiger partial charge in [-0.05, 0) is 47.5 Å². The smallest absolute Gasteiger partial charge is 0.173 e. The number of aromatic nitrogens is 4. The minimum Gasteiger partial charge on any atom is -0.297 e. The average molecular weight is 411 g/mol. The molecule has 0 radical (unpaired) electrons. The van der Waals surface area contributed by atoms with Crippen molar-refractivity contribution in [1.82, 2.24) is 30.0 Å². The van der Waals surface area contributed by atoms with E-state index in [9.17, 15) is 0 Å². The van der Waals surface area contributed by atoms with Crippen LogP contribution in [-0.4, -0.2) is 56.2 Å². The van der Waals surface area contributed by atoms with E-state index in [4.69, 9.17) is 11.6 Å². The molecule has 1 fully saturated rings. The van der Waals surface area contributed by atoms with Crippen molar-refractivity contribution in [3.63, 3.8) is 0 Å². The van der Waals surface area contributed by atoms with Crippen molar-refractivity contribution < 1.29 is 0 Å². The summed E-state index contributed by atoms with van der Waals surface area (Å²) >= 11 is 6.14. The summed E-state index contributed by atoms with van der Waals surface area (Å²) in [5.74, 6) is 0.888. The number of rotatable bonds is 6. The van der Waals surface area contributed by atoms with Gasteiger partial charge in [0.2, 0.25) is 0 Å². The number of nitrogens with zero attached hydrogens (tertiary/aromatic N) is 6. The second-order valence-corrected chi connectivity index (χ2v) is 8.26. The summed E-state index contributed by atoms with van der Waals surface area (Å²) in [5, 5.41) is 13.4. The molecule has 4 rings (SSSR count). The molecule has 152 valence electrons. The Labute approximate surface area is 177 Å². The lowest BCUT2D eigenvalue weighted by Gasteiger charge is -2.39. The van der Waals surface area contributed by atoms with Crippen molar-refractivity contribution in [3.8, 4) is 0 Å². The van der Waals surface area contributed by atoms with Gasteiger partial charge in [-0.1, -0.05) is 54.1 Å². The lowest BCUT2D eigenvalue weighted by atomic mass is 10.0. The van der Waals surface area contributed by atoms with E-state index in [1.54, 1.807) is 0 Å². The van der Waals surface area contributed by atoms with Gasteiger partial charge in [0.05, 0.1) is 12.1 Å². The Hall–Kier alpha value is -2.28. The fourth-order valence-corrected chi connectivity index (χ4v) is 4.06. The number of piperazine rings is 1. The molecule has 3 aromatic rings. The summed E-state index contributed by atoms with van der Waals surface area (Å²) in [7, 11) is 0. The van der Waals surface area contributed by atoms with Gasteiger partial charge in [-0.2, -0.15) is 0 Å². The van der Waals surface area contributed by atoms with Crippen LogP contribution in [0.1, 0.15) is 42.9 Å². The summed E-state index contributed by atoms with van der Waals surface area (Å²) in [6.45, 7) is 9.16. The highest BCUT2D eigenvalue weighted by Crippen LogP contribution is 2.30. The number of tetrazole rings is 1. The van der Waals surface area contributed by atoms with Gasteiger partial charge in [-0.3, -0.25) is 9.80 Å². The van der Waals surface area contributed by atoms with Crippen LogP contribution in [0.2, 0.25) is 5.02 Å². The third kappa shape index (κ3) is 4.66. The van der Waals surface area contributed by atoms with E-state index in [2.05, 4.69) is 81.6 Å². The topological polar surface area (TPSA) is 50.1 Å². The standard InChI is InChI=1S/C22H27ClN6/c1-17(2)29-22(24-25-26-29)21(19-8-10-20(23)11-9-19)28-14-12-27(13-15-28)16-18-6-4-3-5-7-18/h3-11,17,21H,12-16H2,1-2H3. The highest BCUT2D eigenvalue weighted by Gasteiger charge is 2.31. The molecule has 0 N–H and O–H groups in total. The molecule has 0 amide bonds. The van der Waals surface area contributed by atoms with Gasteiger partial charge in [-0.25, -0.2) is 4.68 Å². The maximum atomic E-state index is 6.14. The quantitative estimate of drug-likeness (QED) is 0.618. The normalized spacial score (nSPS) is 17.0. The monoisotopic (exact) mass is 410 g/mol. The van der Waals surface area contributed by atoms with Gasteiger partial charge in [0.15, 0.2) is 5.82 Å². The zero-order chi connectivity index (χ0) is 20.2. The van der Waals surface area contributed by atoms with Crippen LogP contribution >= 0.6 is 11.6 Å². The summed E-state index contributed by atoms with van der Waals surface area (Å²) in [6, 6.07) is 18.9. The van der Waals surface area contributed by atoms with Crippen LogP contribution in [0.3, 0.4) is 0 Å². The molecule has 1 aliphatic heterocycles. The molecule has 1 unspecified atom stereocenters. The molecule has 6 nitrogen and oxygen atoms in total. The van der Waals surface area contributed by atoms with E-state index in [1.165, 1.54) is 11.1 Å². The predicted octanol–water partition coefficient (Wildman–Crippen LogP) is 3.81. The van der Waals surface area contributed by atoms with E-state index in [0.717, 1.165) is 43.6 Å². The molecule has 1 aromatic heterocycles. The maximum absolute atomic E-state index is 6.14. The van der Waals surface area contributed by atoms with Crippen LogP contribution in [0, 0.1) is 0 Å². The number of hydrogen-bond acceptors (Lipinski definition) is 5. The Balaban J connectivity index is 1.54. The maximum Gasteiger partial charge on any atom is 0.173 e. The number of halogens is 1. The van der Waals surface area contributed by atoms with Gasteiger partial charge in [0, 0.05) is 37.7 Å². The molecule has 7 heteroatoms. The fraction of sp³-hybridized carbons (Fsp3) is 0.409. The number of hydrogen-bond donors (Lipinski definition) is 0. The highest BCUT2D eigenvalue weighted by molar-refractivity contribution is 6.30. The molecule has 1 aliphatic rings. The van der Waals surface area contributed by atoms with Crippen molar-refractivity contribution in [2.24, 2.45) is 0 Å². The first-order chi connectivity index (χ1) is 14.1. The van der Waals surface area contributed by atoms with Crippen molar-refractivity contribution in [2.45, 2.75) is 32.5 Å². The molecule has 1 saturated heterocycles. The van der Waals surface area contributed by atoms with Gasteiger partial charge in [0.25, 0.3) is 0 Å². The van der Waals surface area contributed by atoms with E-state index in [1.807, 2.05) is 16.8 Å². The lowest BCUT2D eigenvalue weighted by Crippen LogP contribution is -2.48. The predicted molar refractivity (Wildman–Crippen MR) is 115 cm³/mol. The van der Waals surface area contributed by atoms with Gasteiger partial charge in [-0.15, -0.1) is 5.10 Å². The molecular formula is C22H27ClN6. The highest BCUT2D eigenvalue weighted by atomic mass is 35.5. The second-order valence-electron chi connectivity index (χ2n) is 7.83. The first kappa shape index (κ1) is 20.0. The minimum atomic E-state index is 0.0172. The van der Waals surface area contributed by atoms with Gasteiger partial charge >= 0.3 is 0 Å². The zero-order valence-corrected chi connectivity index (χ0v) is 17.7. The third-order valence-corrected chi connectivity index (χ3v) is 5.71. The average Bonchev–Trinajstić information content (AvgIpc) is 3.21. The zero-order valence-electron chi connectivity index (χ0n) is 16.9. The first-order valence-corrected chi connectivity index (χ1v) is 10.5. The van der Waals surface area contributed by atoms with Crippen LogP contribution in [0.5, 0.6) is 0 Å². The SMILES string of the molecule is CC(C)n1nnnc1C(c1ccc(Cl)cc1)N1CCN(Cc2ccccc2)CC1. The van der Waals surface area contributed by atoms with Gasteiger partial charge in [0.1, 0.15) is 0 Å². The van der Waals surface area contributed by atoms with Crippen LogP contribution in [0.15, 0.2) is 54.6 Å². The van der Waals surface area contributed by atoms with E-state index in [0.29, 0.717) is 0 Å². The first-order valence-electron chi connectivity index (χ1n) is 10.2. The van der Waals surface area contributed by atoms with E-state index >= 15 is 0 Å². The van der Waals surface area contributed by atoms with Crippen molar-refractivity contribution in [3.05, 3.63) is 76.6 Å². The molecule has 0 spiro atoms. The van der Waals surface area contributed by atoms with Gasteiger partial charge < -0.3 is 0 Å². The Bertz CT molecular complexity index is 901. The Kier molecular flexibility index (Phi) is 6.23. The Morgan fingerprint density at radius 2 is 1.62 bits per heavy atom. The van der Waals surface area contributed by atoms with Crippen LogP contribution < -0.4 is 0 Å².